The lowest BCUT2D eigenvalue weighted by molar-refractivity contribution is 0.295. The Hall–Kier alpha value is -1.34. The Bertz CT molecular complexity index is 378. The van der Waals surface area contributed by atoms with Gasteiger partial charge in [-0.15, -0.1) is 0 Å². The van der Waals surface area contributed by atoms with E-state index in [0.717, 1.165) is 26.1 Å². The Kier molecular flexibility index (Phi) is 3.58. The van der Waals surface area contributed by atoms with E-state index in [4.69, 9.17) is 0 Å². The zero-order valence-electron chi connectivity index (χ0n) is 9.78. The van der Waals surface area contributed by atoms with E-state index < -0.39 is 0 Å². The van der Waals surface area contributed by atoms with Gasteiger partial charge in [0.25, 0.3) is 0 Å². The summed E-state index contributed by atoms with van der Waals surface area (Å²) in [5.74, 6) is 0. The first-order valence-electron chi connectivity index (χ1n) is 5.88. The number of hydrogen-bond acceptors (Lipinski definition) is 1. The maximum atomic E-state index is 4.11. The highest BCUT2D eigenvalue weighted by Crippen LogP contribution is 2.20. The first kappa shape index (κ1) is 11.2. The first-order chi connectivity index (χ1) is 7.75. The lowest BCUT2D eigenvalue weighted by atomic mass is 10.1. The van der Waals surface area contributed by atoms with Crippen molar-refractivity contribution < 1.29 is 0 Å². The number of hydrogen-bond donors (Lipinski definition) is 0. The zero-order chi connectivity index (χ0) is 11.4. The van der Waals surface area contributed by atoms with E-state index in [1.807, 2.05) is 0 Å². The Morgan fingerprint density at radius 1 is 1.06 bits per heavy atom. The van der Waals surface area contributed by atoms with E-state index >= 15 is 0 Å². The van der Waals surface area contributed by atoms with Gasteiger partial charge in [-0.05, 0) is 30.5 Å². The normalized spacial score (nSPS) is 18.5. The summed E-state index contributed by atoms with van der Waals surface area (Å²) < 4.78 is 0. The van der Waals surface area contributed by atoms with Gasteiger partial charge in [-0.1, -0.05) is 49.1 Å². The molecule has 84 valence electrons. The molecule has 0 saturated carbocycles. The van der Waals surface area contributed by atoms with Crippen LogP contribution in [0.4, 0.5) is 0 Å². The topological polar surface area (TPSA) is 3.24 Å². The third-order valence-corrected chi connectivity index (χ3v) is 3.12. The SMILES string of the molecule is C=C1CCCN(Cc2ccccc2)CC1=C. The van der Waals surface area contributed by atoms with Gasteiger partial charge in [0.05, 0.1) is 0 Å². The number of nitrogens with zero attached hydrogens (tertiary/aromatic N) is 1. The molecule has 1 aromatic carbocycles. The van der Waals surface area contributed by atoms with Gasteiger partial charge in [0, 0.05) is 13.1 Å². The van der Waals surface area contributed by atoms with Crippen LogP contribution in [0, 0.1) is 0 Å². The van der Waals surface area contributed by atoms with Crippen LogP contribution in [0.2, 0.25) is 0 Å². The lowest BCUT2D eigenvalue weighted by Crippen LogP contribution is -2.24. The minimum Gasteiger partial charge on any atom is -0.295 e. The predicted molar refractivity (Wildman–Crippen MR) is 69.2 cm³/mol. The molecule has 1 fully saturated rings. The van der Waals surface area contributed by atoms with Gasteiger partial charge < -0.3 is 0 Å². The lowest BCUT2D eigenvalue weighted by Gasteiger charge is -2.20. The van der Waals surface area contributed by atoms with Crippen molar-refractivity contribution in [1.82, 2.24) is 4.90 Å². The summed E-state index contributed by atoms with van der Waals surface area (Å²) in [7, 11) is 0. The number of benzene rings is 1. The van der Waals surface area contributed by atoms with E-state index in [0.29, 0.717) is 0 Å². The maximum Gasteiger partial charge on any atom is 0.0237 e. The molecule has 16 heavy (non-hydrogen) atoms. The molecule has 0 amide bonds. The highest BCUT2D eigenvalue weighted by molar-refractivity contribution is 5.27. The first-order valence-corrected chi connectivity index (χ1v) is 5.88. The Morgan fingerprint density at radius 2 is 1.81 bits per heavy atom. The van der Waals surface area contributed by atoms with Crippen LogP contribution in [0.5, 0.6) is 0 Å². The van der Waals surface area contributed by atoms with Crippen molar-refractivity contribution in [3.8, 4) is 0 Å². The van der Waals surface area contributed by atoms with Crippen molar-refractivity contribution in [2.24, 2.45) is 0 Å². The molecule has 0 spiro atoms. The Balaban J connectivity index is 2.00. The monoisotopic (exact) mass is 213 g/mol. The largest absolute Gasteiger partial charge is 0.295 e. The second kappa shape index (κ2) is 5.13. The molecule has 0 N–H and O–H groups in total. The molecule has 1 saturated heterocycles. The van der Waals surface area contributed by atoms with Crippen molar-refractivity contribution in [3.63, 3.8) is 0 Å². The molecule has 1 heteroatoms. The minimum atomic E-state index is 0.966. The van der Waals surface area contributed by atoms with Gasteiger partial charge in [-0.2, -0.15) is 0 Å². The fourth-order valence-electron chi connectivity index (χ4n) is 2.13. The van der Waals surface area contributed by atoms with Crippen molar-refractivity contribution in [2.45, 2.75) is 19.4 Å². The molecule has 0 aliphatic carbocycles. The van der Waals surface area contributed by atoms with Gasteiger partial charge in [0.15, 0.2) is 0 Å². The fraction of sp³-hybridized carbons (Fsp3) is 0.333. The third kappa shape index (κ3) is 2.83. The molecule has 2 rings (SSSR count). The van der Waals surface area contributed by atoms with Gasteiger partial charge in [-0.3, -0.25) is 4.90 Å². The van der Waals surface area contributed by atoms with Crippen LogP contribution in [-0.4, -0.2) is 18.0 Å². The molecule has 1 aliphatic heterocycles. The van der Waals surface area contributed by atoms with Crippen molar-refractivity contribution in [1.29, 1.82) is 0 Å². The second-order valence-electron chi connectivity index (χ2n) is 4.51. The molecule has 0 unspecified atom stereocenters. The maximum absolute atomic E-state index is 4.11. The molecule has 0 bridgehead atoms. The highest BCUT2D eigenvalue weighted by atomic mass is 15.1. The van der Waals surface area contributed by atoms with Crippen LogP contribution in [0.25, 0.3) is 0 Å². The summed E-state index contributed by atoms with van der Waals surface area (Å²) in [6.07, 6.45) is 2.30. The van der Waals surface area contributed by atoms with Crippen molar-refractivity contribution >= 4 is 0 Å². The summed E-state index contributed by atoms with van der Waals surface area (Å²) in [5.41, 5.74) is 3.81. The number of rotatable bonds is 2. The smallest absolute Gasteiger partial charge is 0.0237 e. The van der Waals surface area contributed by atoms with E-state index in [-0.39, 0.29) is 0 Å². The molecular formula is C15H19N. The molecule has 1 aliphatic rings. The number of likely N-dealkylation sites (tertiary alicyclic amines) is 1. The summed E-state index contributed by atoms with van der Waals surface area (Å²) in [4.78, 5) is 2.45. The molecule has 0 radical (unpaired) electrons. The molecule has 1 nitrogen and oxygen atoms in total. The standard InChI is InChI=1S/C15H19N/c1-13-7-6-10-16(11-14(13)2)12-15-8-4-3-5-9-15/h3-5,8-9H,1-2,6-7,10-12H2. The summed E-state index contributed by atoms with van der Waals surface area (Å²) in [6, 6.07) is 10.6. The van der Waals surface area contributed by atoms with E-state index in [9.17, 15) is 0 Å². The van der Waals surface area contributed by atoms with Gasteiger partial charge in [-0.25, -0.2) is 0 Å². The van der Waals surface area contributed by atoms with Gasteiger partial charge >= 0.3 is 0 Å². The van der Waals surface area contributed by atoms with Crippen LogP contribution >= 0.6 is 0 Å². The molecule has 1 aromatic rings. The summed E-state index contributed by atoms with van der Waals surface area (Å²) in [5, 5.41) is 0. The average Bonchev–Trinajstić information content (AvgIpc) is 2.43. The van der Waals surface area contributed by atoms with Gasteiger partial charge in [0.1, 0.15) is 0 Å². The summed E-state index contributed by atoms with van der Waals surface area (Å²) in [6.45, 7) is 11.3. The molecule has 0 aromatic heterocycles. The van der Waals surface area contributed by atoms with E-state index in [2.05, 4.69) is 48.4 Å². The Labute approximate surface area is 98.1 Å². The zero-order valence-corrected chi connectivity index (χ0v) is 9.78. The second-order valence-corrected chi connectivity index (χ2v) is 4.51. The molecular weight excluding hydrogens is 194 g/mol. The average molecular weight is 213 g/mol. The van der Waals surface area contributed by atoms with Crippen LogP contribution in [0.1, 0.15) is 18.4 Å². The fourth-order valence-corrected chi connectivity index (χ4v) is 2.13. The minimum absolute atomic E-state index is 0.966. The Morgan fingerprint density at radius 3 is 2.56 bits per heavy atom. The summed E-state index contributed by atoms with van der Waals surface area (Å²) >= 11 is 0. The van der Waals surface area contributed by atoms with Crippen LogP contribution in [-0.2, 0) is 6.54 Å². The van der Waals surface area contributed by atoms with Crippen molar-refractivity contribution in [2.75, 3.05) is 13.1 Å². The van der Waals surface area contributed by atoms with E-state index in [1.54, 1.807) is 0 Å². The predicted octanol–water partition coefficient (Wildman–Crippen LogP) is 3.39. The highest BCUT2D eigenvalue weighted by Gasteiger charge is 2.13. The quantitative estimate of drug-likeness (QED) is 0.728. The van der Waals surface area contributed by atoms with Crippen LogP contribution < -0.4 is 0 Å². The molecule has 1 heterocycles. The van der Waals surface area contributed by atoms with E-state index in [1.165, 1.54) is 23.1 Å². The third-order valence-electron chi connectivity index (χ3n) is 3.12. The van der Waals surface area contributed by atoms with Crippen molar-refractivity contribution in [3.05, 3.63) is 60.2 Å². The van der Waals surface area contributed by atoms with Crippen LogP contribution in [0.3, 0.4) is 0 Å². The molecule has 0 atom stereocenters. The van der Waals surface area contributed by atoms with Crippen LogP contribution in [0.15, 0.2) is 54.6 Å². The van der Waals surface area contributed by atoms with Gasteiger partial charge in [0.2, 0.25) is 0 Å².